The molecule has 0 radical (unpaired) electrons. The van der Waals surface area contributed by atoms with E-state index in [-0.39, 0.29) is 29.8 Å². The van der Waals surface area contributed by atoms with Gasteiger partial charge in [-0.3, -0.25) is 9.48 Å². The minimum Gasteiger partial charge on any atom is -0.444 e. The van der Waals surface area contributed by atoms with Crippen molar-refractivity contribution >= 4 is 12.0 Å². The number of carbonyl (C=O) groups excluding carboxylic acids is 2. The molecule has 1 aliphatic rings. The number of nitrogens with one attached hydrogen (secondary N) is 1. The van der Waals surface area contributed by atoms with Crippen LogP contribution in [0.15, 0.2) is 47.1 Å². The number of hydrogen-bond donors (Lipinski definition) is 1. The van der Waals surface area contributed by atoms with Crippen LogP contribution in [0.1, 0.15) is 43.6 Å². The molecule has 0 aliphatic carbocycles. The average Bonchev–Trinajstić information content (AvgIpc) is 3.53. The van der Waals surface area contributed by atoms with Gasteiger partial charge in [0.2, 0.25) is 0 Å². The van der Waals surface area contributed by atoms with Gasteiger partial charge < -0.3 is 24.1 Å². The molecule has 204 valence electrons. The fourth-order valence-corrected chi connectivity index (χ4v) is 4.13. The molecule has 13 heteroatoms. The SMILES string of the molecule is Cc1ccnn1C[C@@H]1C[C@@H](NC(=O)c2ncc(-c3cccc(OC(F)(F)F)c3)o2)CN1C(=O)OC(C)(C)C. The molecule has 1 aromatic carbocycles. The van der Waals surface area contributed by atoms with Gasteiger partial charge in [-0.05, 0) is 52.3 Å². The molecule has 1 aliphatic heterocycles. The van der Waals surface area contributed by atoms with E-state index in [9.17, 15) is 22.8 Å². The molecular weight excluding hydrogens is 507 g/mol. The van der Waals surface area contributed by atoms with Gasteiger partial charge in [0.25, 0.3) is 5.89 Å². The number of alkyl halides is 3. The maximum absolute atomic E-state index is 12.9. The van der Waals surface area contributed by atoms with Crippen LogP contribution < -0.4 is 10.1 Å². The van der Waals surface area contributed by atoms with Gasteiger partial charge in [-0.15, -0.1) is 13.2 Å². The van der Waals surface area contributed by atoms with E-state index in [2.05, 4.69) is 20.1 Å². The number of oxazole rings is 1. The molecule has 38 heavy (non-hydrogen) atoms. The maximum atomic E-state index is 12.9. The number of carbonyl (C=O) groups is 2. The third-order valence-corrected chi connectivity index (χ3v) is 5.74. The molecule has 1 saturated heterocycles. The lowest BCUT2D eigenvalue weighted by Gasteiger charge is -2.28. The first-order chi connectivity index (χ1) is 17.8. The van der Waals surface area contributed by atoms with E-state index in [1.54, 1.807) is 36.5 Å². The Morgan fingerprint density at radius 3 is 2.63 bits per heavy atom. The quantitative estimate of drug-likeness (QED) is 0.493. The minimum atomic E-state index is -4.84. The highest BCUT2D eigenvalue weighted by atomic mass is 19.4. The Bertz CT molecular complexity index is 1300. The van der Waals surface area contributed by atoms with Crippen LogP contribution in [0.5, 0.6) is 5.75 Å². The second-order valence-electron chi connectivity index (χ2n) is 9.95. The Balaban J connectivity index is 1.45. The monoisotopic (exact) mass is 535 g/mol. The first-order valence-corrected chi connectivity index (χ1v) is 11.9. The van der Waals surface area contributed by atoms with E-state index in [0.717, 1.165) is 17.8 Å². The molecule has 0 unspecified atom stereocenters. The fraction of sp³-hybridized carbons (Fsp3) is 0.440. The summed E-state index contributed by atoms with van der Waals surface area (Å²) in [6.45, 7) is 7.86. The molecule has 2 amide bonds. The smallest absolute Gasteiger partial charge is 0.444 e. The van der Waals surface area contributed by atoms with Crippen molar-refractivity contribution in [2.45, 2.75) is 64.7 Å². The largest absolute Gasteiger partial charge is 0.573 e. The number of benzene rings is 1. The molecule has 0 saturated carbocycles. The number of aromatic nitrogens is 3. The number of aryl methyl sites for hydroxylation is 1. The zero-order valence-corrected chi connectivity index (χ0v) is 21.3. The van der Waals surface area contributed by atoms with Gasteiger partial charge in [0.15, 0.2) is 5.76 Å². The highest BCUT2D eigenvalue weighted by Gasteiger charge is 2.39. The van der Waals surface area contributed by atoms with Crippen LogP contribution in [0, 0.1) is 6.92 Å². The number of likely N-dealkylation sites (tertiary alicyclic amines) is 1. The summed E-state index contributed by atoms with van der Waals surface area (Å²) in [5.41, 5.74) is 0.491. The van der Waals surface area contributed by atoms with E-state index in [4.69, 9.17) is 9.15 Å². The highest BCUT2D eigenvalue weighted by Crippen LogP contribution is 2.29. The van der Waals surface area contributed by atoms with Crippen molar-refractivity contribution in [3.8, 4) is 17.1 Å². The van der Waals surface area contributed by atoms with Gasteiger partial charge in [-0.2, -0.15) is 5.10 Å². The predicted molar refractivity (Wildman–Crippen MR) is 128 cm³/mol. The number of rotatable bonds is 6. The van der Waals surface area contributed by atoms with Gasteiger partial charge in [-0.25, -0.2) is 9.78 Å². The zero-order valence-electron chi connectivity index (χ0n) is 21.3. The van der Waals surface area contributed by atoms with Crippen molar-refractivity contribution in [3.63, 3.8) is 0 Å². The zero-order chi connectivity index (χ0) is 27.7. The molecule has 4 rings (SSSR count). The summed E-state index contributed by atoms with van der Waals surface area (Å²) in [6, 6.07) is 6.30. The number of hydrogen-bond acceptors (Lipinski definition) is 7. The minimum absolute atomic E-state index is 0.0941. The summed E-state index contributed by atoms with van der Waals surface area (Å²) in [5, 5.41) is 7.12. The topological polar surface area (TPSA) is 112 Å². The van der Waals surface area contributed by atoms with Gasteiger partial charge in [0, 0.05) is 30.0 Å². The van der Waals surface area contributed by atoms with Crippen molar-refractivity contribution < 1.29 is 36.7 Å². The van der Waals surface area contributed by atoms with Crippen molar-refractivity contribution in [1.82, 2.24) is 25.0 Å². The van der Waals surface area contributed by atoms with Gasteiger partial charge >= 0.3 is 18.4 Å². The highest BCUT2D eigenvalue weighted by molar-refractivity contribution is 5.90. The van der Waals surface area contributed by atoms with E-state index < -0.39 is 35.8 Å². The third kappa shape index (κ3) is 6.84. The first-order valence-electron chi connectivity index (χ1n) is 11.9. The second-order valence-corrected chi connectivity index (χ2v) is 9.95. The van der Waals surface area contributed by atoms with Crippen LogP contribution in [0.2, 0.25) is 0 Å². The Hall–Kier alpha value is -4.03. The average molecular weight is 536 g/mol. The number of ether oxygens (including phenoxy) is 2. The molecular formula is C25H28F3N5O5. The summed E-state index contributed by atoms with van der Waals surface area (Å²) in [4.78, 5) is 31.3. The number of amides is 2. The van der Waals surface area contributed by atoms with E-state index in [1.807, 2.05) is 13.0 Å². The summed E-state index contributed by atoms with van der Waals surface area (Å²) >= 11 is 0. The van der Waals surface area contributed by atoms with Gasteiger partial charge in [0.1, 0.15) is 11.4 Å². The number of halogens is 3. The van der Waals surface area contributed by atoms with Crippen LogP contribution in [0.25, 0.3) is 11.3 Å². The van der Waals surface area contributed by atoms with E-state index in [1.165, 1.54) is 18.3 Å². The fourth-order valence-electron chi connectivity index (χ4n) is 4.13. The number of nitrogens with zero attached hydrogens (tertiary/aromatic N) is 4. The van der Waals surface area contributed by atoms with E-state index >= 15 is 0 Å². The van der Waals surface area contributed by atoms with Gasteiger partial charge in [0.05, 0.1) is 18.8 Å². The molecule has 0 spiro atoms. The van der Waals surface area contributed by atoms with Crippen molar-refractivity contribution in [1.29, 1.82) is 0 Å². The van der Waals surface area contributed by atoms with Crippen LogP contribution in [-0.4, -0.2) is 62.3 Å². The van der Waals surface area contributed by atoms with Crippen molar-refractivity contribution in [3.05, 3.63) is 54.3 Å². The summed E-state index contributed by atoms with van der Waals surface area (Å²) in [5.74, 6) is -1.22. The lowest BCUT2D eigenvalue weighted by atomic mass is 10.1. The lowest BCUT2D eigenvalue weighted by molar-refractivity contribution is -0.274. The molecule has 2 atom stereocenters. The maximum Gasteiger partial charge on any atom is 0.573 e. The van der Waals surface area contributed by atoms with Crippen LogP contribution >= 0.6 is 0 Å². The van der Waals surface area contributed by atoms with Crippen molar-refractivity contribution in [2.75, 3.05) is 6.54 Å². The Morgan fingerprint density at radius 1 is 1.21 bits per heavy atom. The molecule has 2 aromatic heterocycles. The molecule has 10 nitrogen and oxygen atoms in total. The molecule has 3 aromatic rings. The summed E-state index contributed by atoms with van der Waals surface area (Å²) in [6.07, 6.45) is -1.98. The van der Waals surface area contributed by atoms with Crippen LogP contribution in [-0.2, 0) is 11.3 Å². The molecule has 3 heterocycles. The van der Waals surface area contributed by atoms with E-state index in [0.29, 0.717) is 13.0 Å². The normalized spacial score (nSPS) is 17.9. The standard InChI is InChI=1S/C25H28F3N5O5/c1-15-8-9-30-33(15)14-18-11-17(13-32(18)23(35)38-24(2,3)4)31-21(34)22-29-12-20(36-22)16-6-5-7-19(10-16)37-25(26,27)28/h5-10,12,17-18H,11,13-14H2,1-4H3,(H,31,34)/t17-,18+/m1/s1. The Labute approximate surface area is 216 Å². The third-order valence-electron chi connectivity index (χ3n) is 5.74. The van der Waals surface area contributed by atoms with Crippen LogP contribution in [0.4, 0.5) is 18.0 Å². The van der Waals surface area contributed by atoms with Crippen molar-refractivity contribution in [2.24, 2.45) is 0 Å². The Kier molecular flexibility index (Phi) is 7.38. The molecule has 1 N–H and O–H groups in total. The van der Waals surface area contributed by atoms with Gasteiger partial charge in [-0.1, -0.05) is 12.1 Å². The first kappa shape index (κ1) is 27.0. The molecule has 1 fully saturated rings. The summed E-state index contributed by atoms with van der Waals surface area (Å²) in [7, 11) is 0. The predicted octanol–water partition coefficient (Wildman–Crippen LogP) is 4.55. The van der Waals surface area contributed by atoms with Crippen LogP contribution in [0.3, 0.4) is 0 Å². The molecule has 0 bridgehead atoms. The Morgan fingerprint density at radius 2 is 1.97 bits per heavy atom. The second kappa shape index (κ2) is 10.4. The lowest BCUT2D eigenvalue weighted by Crippen LogP contribution is -2.43. The summed E-state index contributed by atoms with van der Waals surface area (Å²) < 4.78 is 54.4.